The fourth-order valence-electron chi connectivity index (χ4n) is 1.93. The van der Waals surface area contributed by atoms with Gasteiger partial charge in [-0.2, -0.15) is 0 Å². The van der Waals surface area contributed by atoms with Gasteiger partial charge < -0.3 is 14.8 Å². The van der Waals surface area contributed by atoms with Gasteiger partial charge in [0, 0.05) is 5.56 Å². The molecule has 0 bridgehead atoms. The van der Waals surface area contributed by atoms with Crippen LogP contribution in [0.4, 0.5) is 0 Å². The van der Waals surface area contributed by atoms with Gasteiger partial charge in [-0.15, -0.1) is 0 Å². The number of carbonyl (C=O) groups excluding carboxylic acids is 3. The number of esters is 2. The first-order valence-corrected chi connectivity index (χ1v) is 7.01. The molecule has 0 radical (unpaired) electrons. The minimum absolute atomic E-state index is 0.0693. The van der Waals surface area contributed by atoms with Gasteiger partial charge >= 0.3 is 11.9 Å². The Labute approximate surface area is 129 Å². The summed E-state index contributed by atoms with van der Waals surface area (Å²) in [5.41, 5.74) is 0.549. The van der Waals surface area contributed by atoms with E-state index >= 15 is 0 Å². The Hall–Kier alpha value is -2.37. The Balaban J connectivity index is 2.95. The molecule has 0 aliphatic rings. The van der Waals surface area contributed by atoms with Crippen LogP contribution in [-0.2, 0) is 14.3 Å². The van der Waals surface area contributed by atoms with Gasteiger partial charge in [-0.25, -0.2) is 9.59 Å². The van der Waals surface area contributed by atoms with Crippen LogP contribution in [-0.4, -0.2) is 38.1 Å². The predicted molar refractivity (Wildman–Crippen MR) is 80.5 cm³/mol. The summed E-state index contributed by atoms with van der Waals surface area (Å²) >= 11 is 0. The summed E-state index contributed by atoms with van der Waals surface area (Å²) in [5, 5.41) is 2.65. The molecule has 0 spiro atoms. The van der Waals surface area contributed by atoms with E-state index in [-0.39, 0.29) is 17.0 Å². The highest BCUT2D eigenvalue weighted by atomic mass is 16.5. The molecular formula is C16H21NO5. The van der Waals surface area contributed by atoms with Crippen molar-refractivity contribution in [1.29, 1.82) is 0 Å². The smallest absolute Gasteiger partial charge is 0.337 e. The molecule has 6 nitrogen and oxygen atoms in total. The van der Waals surface area contributed by atoms with E-state index in [1.807, 2.05) is 13.8 Å². The molecule has 0 unspecified atom stereocenters. The lowest BCUT2D eigenvalue weighted by atomic mass is 9.98. The van der Waals surface area contributed by atoms with Crippen molar-refractivity contribution >= 4 is 17.8 Å². The van der Waals surface area contributed by atoms with Crippen molar-refractivity contribution < 1.29 is 23.9 Å². The van der Waals surface area contributed by atoms with Crippen LogP contribution in [0.5, 0.6) is 0 Å². The van der Waals surface area contributed by atoms with Gasteiger partial charge in [0.1, 0.15) is 6.04 Å². The van der Waals surface area contributed by atoms with Crippen LogP contribution in [0.3, 0.4) is 0 Å². The third kappa shape index (κ3) is 4.31. The Morgan fingerprint density at radius 3 is 2.32 bits per heavy atom. The maximum Gasteiger partial charge on any atom is 0.337 e. The van der Waals surface area contributed by atoms with Crippen molar-refractivity contribution in [3.63, 3.8) is 0 Å². The lowest BCUT2D eigenvalue weighted by Gasteiger charge is -2.21. The number of rotatable bonds is 6. The first-order chi connectivity index (χ1) is 10.4. The summed E-state index contributed by atoms with van der Waals surface area (Å²) in [6, 6.07) is 5.38. The molecule has 0 heterocycles. The molecule has 1 rings (SSSR count). The van der Waals surface area contributed by atoms with Gasteiger partial charge in [-0.05, 0) is 24.1 Å². The van der Waals surface area contributed by atoms with Crippen LogP contribution in [0.2, 0.25) is 0 Å². The van der Waals surface area contributed by atoms with Crippen LogP contribution in [0, 0.1) is 5.92 Å². The highest BCUT2D eigenvalue weighted by Crippen LogP contribution is 2.12. The molecule has 22 heavy (non-hydrogen) atoms. The van der Waals surface area contributed by atoms with E-state index in [0.717, 1.165) is 0 Å². The first-order valence-electron chi connectivity index (χ1n) is 7.01. The minimum atomic E-state index is -0.732. The fourth-order valence-corrected chi connectivity index (χ4v) is 1.93. The normalized spacial score (nSPS) is 12.9. The molecule has 0 saturated heterocycles. The standard InChI is InChI=1S/C16H21NO5/c1-5-10(2)13(16(20)22-4)17-14(18)11-7-6-8-12(9-11)15(19)21-3/h6-10,13H,5H2,1-4H3,(H,17,18)/t10-,13+/m0/s1. The Morgan fingerprint density at radius 2 is 1.77 bits per heavy atom. The molecular weight excluding hydrogens is 286 g/mol. The molecule has 0 aliphatic carbocycles. The lowest BCUT2D eigenvalue weighted by Crippen LogP contribution is -2.45. The maximum atomic E-state index is 12.3. The molecule has 1 aromatic rings. The zero-order valence-electron chi connectivity index (χ0n) is 13.2. The molecule has 2 atom stereocenters. The summed E-state index contributed by atoms with van der Waals surface area (Å²) in [6.07, 6.45) is 0.711. The lowest BCUT2D eigenvalue weighted by molar-refractivity contribution is -0.144. The summed E-state index contributed by atoms with van der Waals surface area (Å²) in [5.74, 6) is -1.53. The van der Waals surface area contributed by atoms with Gasteiger partial charge in [-0.3, -0.25) is 4.79 Å². The van der Waals surface area contributed by atoms with E-state index in [9.17, 15) is 14.4 Å². The minimum Gasteiger partial charge on any atom is -0.467 e. The second-order valence-corrected chi connectivity index (χ2v) is 4.93. The molecule has 0 saturated carbocycles. The van der Waals surface area contributed by atoms with E-state index in [1.165, 1.54) is 20.3 Å². The molecule has 0 aliphatic heterocycles. The number of hydrogen-bond acceptors (Lipinski definition) is 5. The summed E-state index contributed by atoms with van der Waals surface area (Å²) in [4.78, 5) is 35.6. The summed E-state index contributed by atoms with van der Waals surface area (Å²) in [7, 11) is 2.55. The topological polar surface area (TPSA) is 81.7 Å². The van der Waals surface area contributed by atoms with Crippen LogP contribution in [0.1, 0.15) is 41.0 Å². The van der Waals surface area contributed by atoms with Crippen molar-refractivity contribution in [3.8, 4) is 0 Å². The second-order valence-electron chi connectivity index (χ2n) is 4.93. The van der Waals surface area contributed by atoms with Crippen molar-refractivity contribution in [1.82, 2.24) is 5.32 Å². The third-order valence-corrected chi connectivity index (χ3v) is 3.50. The number of nitrogens with one attached hydrogen (secondary N) is 1. The van der Waals surface area contributed by atoms with E-state index < -0.39 is 23.9 Å². The van der Waals surface area contributed by atoms with Gasteiger partial charge in [0.05, 0.1) is 19.8 Å². The molecule has 120 valence electrons. The van der Waals surface area contributed by atoms with Crippen LogP contribution < -0.4 is 5.32 Å². The maximum absolute atomic E-state index is 12.3. The largest absolute Gasteiger partial charge is 0.467 e. The predicted octanol–water partition coefficient (Wildman–Crippen LogP) is 1.79. The average molecular weight is 307 g/mol. The molecule has 6 heteroatoms. The fraction of sp³-hybridized carbons (Fsp3) is 0.438. The first kappa shape index (κ1) is 17.7. The zero-order valence-corrected chi connectivity index (χ0v) is 13.2. The van der Waals surface area contributed by atoms with Crippen LogP contribution >= 0.6 is 0 Å². The van der Waals surface area contributed by atoms with E-state index in [4.69, 9.17) is 4.74 Å². The Bertz CT molecular complexity index is 555. The van der Waals surface area contributed by atoms with Gasteiger partial charge in [0.25, 0.3) is 5.91 Å². The second kappa shape index (κ2) is 8.17. The number of methoxy groups -OCH3 is 2. The average Bonchev–Trinajstić information content (AvgIpc) is 2.57. The molecule has 0 aromatic heterocycles. The van der Waals surface area contributed by atoms with E-state index in [2.05, 4.69) is 10.1 Å². The van der Waals surface area contributed by atoms with E-state index in [0.29, 0.717) is 6.42 Å². The number of carbonyl (C=O) groups is 3. The van der Waals surface area contributed by atoms with Gasteiger partial charge in [0.2, 0.25) is 0 Å². The summed E-state index contributed by atoms with van der Waals surface area (Å²) < 4.78 is 9.34. The van der Waals surface area contributed by atoms with Gasteiger partial charge in [0.15, 0.2) is 0 Å². The zero-order chi connectivity index (χ0) is 16.7. The van der Waals surface area contributed by atoms with Crippen molar-refractivity contribution in [2.24, 2.45) is 5.92 Å². The van der Waals surface area contributed by atoms with Crippen molar-refractivity contribution in [2.45, 2.75) is 26.3 Å². The SMILES string of the molecule is CC[C@H](C)[C@@H](NC(=O)c1cccc(C(=O)OC)c1)C(=O)OC. The van der Waals surface area contributed by atoms with Gasteiger partial charge in [-0.1, -0.05) is 26.3 Å². The third-order valence-electron chi connectivity index (χ3n) is 3.50. The quantitative estimate of drug-likeness (QED) is 0.810. The van der Waals surface area contributed by atoms with Crippen molar-refractivity contribution in [2.75, 3.05) is 14.2 Å². The molecule has 1 aromatic carbocycles. The number of benzene rings is 1. The summed E-state index contributed by atoms with van der Waals surface area (Å²) in [6.45, 7) is 3.78. The van der Waals surface area contributed by atoms with E-state index in [1.54, 1.807) is 18.2 Å². The highest BCUT2D eigenvalue weighted by Gasteiger charge is 2.27. The Kier molecular flexibility index (Phi) is 6.56. The van der Waals surface area contributed by atoms with Crippen LogP contribution in [0.25, 0.3) is 0 Å². The molecule has 1 amide bonds. The van der Waals surface area contributed by atoms with Crippen molar-refractivity contribution in [3.05, 3.63) is 35.4 Å². The van der Waals surface area contributed by atoms with Crippen LogP contribution in [0.15, 0.2) is 24.3 Å². The number of amides is 1. The molecule has 0 fully saturated rings. The monoisotopic (exact) mass is 307 g/mol. The Morgan fingerprint density at radius 1 is 1.14 bits per heavy atom. The number of ether oxygens (including phenoxy) is 2. The number of hydrogen-bond donors (Lipinski definition) is 1. The highest BCUT2D eigenvalue weighted by molar-refractivity contribution is 5.99. The molecule has 1 N–H and O–H groups in total.